The molecule has 1 aromatic heterocycles. The number of rotatable bonds is 9. The molecule has 0 aliphatic rings. The summed E-state index contributed by atoms with van der Waals surface area (Å²) in [5.74, 6) is -1.51. The Kier molecular flexibility index (Phi) is 9.10. The second-order valence-corrected chi connectivity index (χ2v) is 10.4. The van der Waals surface area contributed by atoms with Gasteiger partial charge in [0.2, 0.25) is 11.8 Å². The van der Waals surface area contributed by atoms with Gasteiger partial charge in [-0.05, 0) is 17.0 Å². The average molecular weight is 476 g/mol. The van der Waals surface area contributed by atoms with Gasteiger partial charge in [-0.2, -0.15) is 0 Å². The Morgan fingerprint density at radius 3 is 2.36 bits per heavy atom. The zero-order chi connectivity index (χ0) is 24.8. The molecule has 0 spiro atoms. The Bertz CT molecular complexity index is 1010. The molecule has 0 aliphatic carbocycles. The Labute approximate surface area is 198 Å². The summed E-state index contributed by atoms with van der Waals surface area (Å²) < 4.78 is 4.93. The molecule has 0 saturated heterocycles. The maximum absolute atomic E-state index is 13.2. The number of methoxy groups -OCH3 is 1. The highest BCUT2D eigenvalue weighted by Gasteiger charge is 2.36. The standard InChI is InChI=1S/C24H33N3O5S/c1-14(13-33-15(2)28)21(29)27-20(24(3,4)5)22(30)26-19(23(31)32-6)11-16-12-25-18-10-8-7-9-17(16)18/h7-10,12,14,19-20,25H,11,13H2,1-6H3,(H,26,30)(H,27,29)/t14?,19-,20+/m0/s1. The third-order valence-corrected chi connectivity index (χ3v) is 6.37. The van der Waals surface area contributed by atoms with Crippen LogP contribution in [0.15, 0.2) is 30.5 Å². The first kappa shape index (κ1) is 26.4. The molecule has 0 fully saturated rings. The molecule has 0 radical (unpaired) electrons. The Balaban J connectivity index is 2.18. The fraction of sp³-hybridized carbons (Fsp3) is 0.500. The van der Waals surface area contributed by atoms with E-state index in [-0.39, 0.29) is 17.4 Å². The predicted octanol–water partition coefficient (Wildman–Crippen LogP) is 2.81. The second kappa shape index (κ2) is 11.4. The van der Waals surface area contributed by atoms with Crippen LogP contribution in [-0.4, -0.2) is 52.8 Å². The lowest BCUT2D eigenvalue weighted by molar-refractivity contribution is -0.145. The smallest absolute Gasteiger partial charge is 0.328 e. The number of nitrogens with one attached hydrogen (secondary N) is 3. The highest BCUT2D eigenvalue weighted by molar-refractivity contribution is 8.13. The van der Waals surface area contributed by atoms with Gasteiger partial charge in [0.05, 0.1) is 7.11 Å². The number of para-hydroxylation sites is 1. The predicted molar refractivity (Wildman–Crippen MR) is 130 cm³/mol. The van der Waals surface area contributed by atoms with Gasteiger partial charge in [0, 0.05) is 42.1 Å². The minimum atomic E-state index is -0.922. The van der Waals surface area contributed by atoms with Crippen LogP contribution in [0.25, 0.3) is 10.9 Å². The first-order valence-electron chi connectivity index (χ1n) is 10.8. The normalized spacial score (nSPS) is 14.2. The van der Waals surface area contributed by atoms with E-state index in [0.717, 1.165) is 28.2 Å². The van der Waals surface area contributed by atoms with Gasteiger partial charge in [-0.25, -0.2) is 4.79 Å². The molecule has 1 aromatic carbocycles. The summed E-state index contributed by atoms with van der Waals surface area (Å²) in [4.78, 5) is 52.8. The number of hydrogen-bond donors (Lipinski definition) is 3. The van der Waals surface area contributed by atoms with E-state index in [9.17, 15) is 19.2 Å². The number of H-pyrrole nitrogens is 1. The molecule has 2 aromatic rings. The fourth-order valence-electron chi connectivity index (χ4n) is 3.39. The molecule has 33 heavy (non-hydrogen) atoms. The van der Waals surface area contributed by atoms with Crippen molar-refractivity contribution in [2.24, 2.45) is 11.3 Å². The largest absolute Gasteiger partial charge is 0.467 e. The molecule has 8 nitrogen and oxygen atoms in total. The molecule has 2 rings (SSSR count). The van der Waals surface area contributed by atoms with Crippen molar-refractivity contribution in [3.8, 4) is 0 Å². The van der Waals surface area contributed by atoms with E-state index in [0.29, 0.717) is 5.75 Å². The molecule has 2 amide bonds. The lowest BCUT2D eigenvalue weighted by Crippen LogP contribution is -2.57. The highest BCUT2D eigenvalue weighted by Crippen LogP contribution is 2.22. The van der Waals surface area contributed by atoms with Crippen molar-refractivity contribution in [3.05, 3.63) is 36.0 Å². The molecule has 3 atom stereocenters. The molecule has 0 saturated carbocycles. The summed E-state index contributed by atoms with van der Waals surface area (Å²) in [5.41, 5.74) is 1.18. The lowest BCUT2D eigenvalue weighted by atomic mass is 9.85. The molecular weight excluding hydrogens is 442 g/mol. The summed E-state index contributed by atoms with van der Waals surface area (Å²) in [7, 11) is 1.27. The van der Waals surface area contributed by atoms with Crippen LogP contribution in [0, 0.1) is 11.3 Å². The molecular formula is C24H33N3O5S. The average Bonchev–Trinajstić information content (AvgIpc) is 3.16. The van der Waals surface area contributed by atoms with Gasteiger partial charge in [0.1, 0.15) is 12.1 Å². The molecule has 0 aliphatic heterocycles. The zero-order valence-corrected chi connectivity index (χ0v) is 20.8. The van der Waals surface area contributed by atoms with E-state index in [4.69, 9.17) is 4.74 Å². The number of thioether (sulfide) groups is 1. The summed E-state index contributed by atoms with van der Waals surface area (Å²) in [6, 6.07) is 5.88. The minimum absolute atomic E-state index is 0.0713. The van der Waals surface area contributed by atoms with Gasteiger partial charge in [-0.3, -0.25) is 14.4 Å². The maximum atomic E-state index is 13.2. The van der Waals surface area contributed by atoms with Gasteiger partial charge >= 0.3 is 5.97 Å². The van der Waals surface area contributed by atoms with Crippen LogP contribution in [0.2, 0.25) is 0 Å². The number of carbonyl (C=O) groups is 4. The summed E-state index contributed by atoms with van der Waals surface area (Å²) in [6.07, 6.45) is 2.04. The topological polar surface area (TPSA) is 117 Å². The van der Waals surface area contributed by atoms with Gasteiger partial charge < -0.3 is 20.4 Å². The van der Waals surface area contributed by atoms with Crippen molar-refractivity contribution in [1.29, 1.82) is 0 Å². The van der Waals surface area contributed by atoms with Gasteiger partial charge in [0.25, 0.3) is 0 Å². The molecule has 3 N–H and O–H groups in total. The third kappa shape index (κ3) is 7.35. The number of aromatic amines is 1. The number of hydrogen-bond acceptors (Lipinski definition) is 6. The first-order valence-corrected chi connectivity index (χ1v) is 11.8. The molecule has 180 valence electrons. The zero-order valence-electron chi connectivity index (χ0n) is 20.0. The number of esters is 1. The Morgan fingerprint density at radius 2 is 1.76 bits per heavy atom. The molecule has 0 bridgehead atoms. The van der Waals surface area contributed by atoms with Crippen molar-refractivity contribution < 1.29 is 23.9 Å². The number of ether oxygens (including phenoxy) is 1. The van der Waals surface area contributed by atoms with Crippen LogP contribution < -0.4 is 10.6 Å². The van der Waals surface area contributed by atoms with Crippen molar-refractivity contribution in [2.45, 2.75) is 53.1 Å². The summed E-state index contributed by atoms with van der Waals surface area (Å²) in [6.45, 7) is 8.65. The van der Waals surface area contributed by atoms with E-state index in [2.05, 4.69) is 15.6 Å². The van der Waals surface area contributed by atoms with E-state index in [1.165, 1.54) is 14.0 Å². The molecule has 9 heteroatoms. The van der Waals surface area contributed by atoms with Crippen LogP contribution in [0.3, 0.4) is 0 Å². The van der Waals surface area contributed by atoms with Crippen LogP contribution in [0.5, 0.6) is 0 Å². The Morgan fingerprint density at radius 1 is 1.09 bits per heavy atom. The van der Waals surface area contributed by atoms with Crippen molar-refractivity contribution >= 4 is 45.6 Å². The van der Waals surface area contributed by atoms with E-state index < -0.39 is 35.3 Å². The number of fused-ring (bicyclic) bond motifs is 1. The third-order valence-electron chi connectivity index (χ3n) is 5.30. The van der Waals surface area contributed by atoms with E-state index >= 15 is 0 Å². The first-order chi connectivity index (χ1) is 15.4. The second-order valence-electron chi connectivity index (χ2n) is 9.16. The van der Waals surface area contributed by atoms with E-state index in [1.807, 2.05) is 51.2 Å². The van der Waals surface area contributed by atoms with Crippen LogP contribution >= 0.6 is 11.8 Å². The fourth-order valence-corrected chi connectivity index (χ4v) is 4.02. The number of aromatic nitrogens is 1. The van der Waals surface area contributed by atoms with Gasteiger partial charge in [0.15, 0.2) is 5.12 Å². The van der Waals surface area contributed by atoms with Gasteiger partial charge in [-0.1, -0.05) is 57.7 Å². The van der Waals surface area contributed by atoms with Crippen molar-refractivity contribution in [3.63, 3.8) is 0 Å². The Hall–Kier alpha value is -2.81. The highest BCUT2D eigenvalue weighted by atomic mass is 32.2. The summed E-state index contributed by atoms with van der Waals surface area (Å²) in [5, 5.41) is 6.45. The van der Waals surface area contributed by atoms with Crippen LogP contribution in [0.4, 0.5) is 0 Å². The van der Waals surface area contributed by atoms with Gasteiger partial charge in [-0.15, -0.1) is 0 Å². The molecule has 1 heterocycles. The van der Waals surface area contributed by atoms with Crippen LogP contribution in [-0.2, 0) is 30.3 Å². The maximum Gasteiger partial charge on any atom is 0.328 e. The van der Waals surface area contributed by atoms with Crippen molar-refractivity contribution in [1.82, 2.24) is 15.6 Å². The van der Waals surface area contributed by atoms with E-state index in [1.54, 1.807) is 6.92 Å². The van der Waals surface area contributed by atoms with Crippen molar-refractivity contribution in [2.75, 3.05) is 12.9 Å². The monoisotopic (exact) mass is 475 g/mol. The number of carbonyl (C=O) groups excluding carboxylic acids is 4. The number of amides is 2. The quantitative estimate of drug-likeness (QED) is 0.480. The number of benzene rings is 1. The van der Waals surface area contributed by atoms with Crippen LogP contribution in [0.1, 0.15) is 40.2 Å². The molecule has 1 unspecified atom stereocenters. The SMILES string of the molecule is COC(=O)[C@H](Cc1c[nH]c2ccccc12)NC(=O)[C@@H](NC(=O)C(C)CSC(C)=O)C(C)(C)C. The lowest BCUT2D eigenvalue weighted by Gasteiger charge is -2.32. The summed E-state index contributed by atoms with van der Waals surface area (Å²) >= 11 is 1.07. The minimum Gasteiger partial charge on any atom is -0.467 e.